The molecule has 0 aliphatic carbocycles. The Morgan fingerprint density at radius 1 is 0.600 bits per heavy atom. The highest BCUT2D eigenvalue weighted by molar-refractivity contribution is 7.26. The Balaban J connectivity index is 1.42. The van der Waals surface area contributed by atoms with E-state index in [1.807, 2.05) is 11.3 Å². The van der Waals surface area contributed by atoms with Crippen molar-refractivity contribution in [1.82, 2.24) is 9.97 Å². The van der Waals surface area contributed by atoms with Crippen LogP contribution in [0.1, 0.15) is 19.4 Å². The zero-order valence-electron chi connectivity index (χ0n) is 28.8. The van der Waals surface area contributed by atoms with Crippen LogP contribution in [0.2, 0.25) is 0 Å². The van der Waals surface area contributed by atoms with Crippen LogP contribution in [0.3, 0.4) is 0 Å². The molecule has 9 aromatic rings. The minimum Gasteiger partial charge on any atom is -0.299 e. The first-order chi connectivity index (χ1) is 24.3. The number of para-hydroxylation sites is 1. The molecule has 3 nitrogen and oxygen atoms in total. The molecule has 0 spiro atoms. The van der Waals surface area contributed by atoms with Crippen molar-refractivity contribution in [1.29, 1.82) is 0 Å². The van der Waals surface area contributed by atoms with Gasteiger partial charge in [-0.15, -0.1) is 11.3 Å². The number of fused-ring (bicyclic) bond motifs is 13. The first-order valence-electron chi connectivity index (χ1n) is 17.3. The van der Waals surface area contributed by atoms with Crippen molar-refractivity contribution in [3.05, 3.63) is 127 Å². The van der Waals surface area contributed by atoms with Crippen LogP contribution in [0.5, 0.6) is 0 Å². The summed E-state index contributed by atoms with van der Waals surface area (Å²) in [4.78, 5) is 13.6. The van der Waals surface area contributed by atoms with Crippen molar-refractivity contribution in [2.45, 2.75) is 19.4 Å². The van der Waals surface area contributed by atoms with Crippen molar-refractivity contribution in [2.24, 2.45) is 0 Å². The van der Waals surface area contributed by atoms with E-state index in [9.17, 15) is 0 Å². The highest BCUT2D eigenvalue weighted by Crippen LogP contribution is 2.59. The first-order valence-corrected chi connectivity index (χ1v) is 18.2. The van der Waals surface area contributed by atoms with Crippen LogP contribution in [0.4, 0.5) is 11.6 Å². The fourth-order valence-corrected chi connectivity index (χ4v) is 10.1. The maximum absolute atomic E-state index is 5.64. The summed E-state index contributed by atoms with van der Waals surface area (Å²) >= 11 is 1.88. The molecule has 234 valence electrons. The van der Waals surface area contributed by atoms with Crippen LogP contribution < -0.4 is 21.3 Å². The van der Waals surface area contributed by atoms with Crippen LogP contribution in [-0.4, -0.2) is 33.5 Å². The number of nitrogens with zero attached hydrogens (tertiary/aromatic N) is 3. The normalized spacial score (nSPS) is 13.8. The van der Waals surface area contributed by atoms with Gasteiger partial charge in [0.05, 0.1) is 27.1 Å². The second kappa shape index (κ2) is 10.6. The fourth-order valence-electron chi connectivity index (χ4n) is 8.82. The number of hydrogen-bond donors (Lipinski definition) is 0. The van der Waals surface area contributed by atoms with Crippen molar-refractivity contribution < 1.29 is 0 Å². The van der Waals surface area contributed by atoms with Gasteiger partial charge >= 0.3 is 0 Å². The van der Waals surface area contributed by atoms with E-state index in [0.29, 0.717) is 0 Å². The summed E-state index contributed by atoms with van der Waals surface area (Å²) in [5.41, 5.74) is 11.4. The lowest BCUT2D eigenvalue weighted by molar-refractivity contribution is 0.525. The van der Waals surface area contributed by atoms with E-state index in [2.05, 4.69) is 164 Å². The summed E-state index contributed by atoms with van der Waals surface area (Å²) in [5.74, 6) is 0.720. The molecule has 0 saturated carbocycles. The molecule has 1 aliphatic rings. The molecule has 50 heavy (non-hydrogen) atoms. The number of thiophene rings is 1. The van der Waals surface area contributed by atoms with Crippen LogP contribution in [-0.2, 0) is 5.54 Å². The third-order valence-electron chi connectivity index (χ3n) is 10.8. The smallest absolute Gasteiger partial charge is 0.231 e. The van der Waals surface area contributed by atoms with E-state index in [1.54, 1.807) is 0 Å². The van der Waals surface area contributed by atoms with Gasteiger partial charge in [-0.25, -0.2) is 9.97 Å². The molecule has 10 rings (SSSR count). The number of rotatable bonds is 2. The molecule has 0 saturated heterocycles. The van der Waals surface area contributed by atoms with Crippen LogP contribution >= 0.6 is 11.3 Å². The summed E-state index contributed by atoms with van der Waals surface area (Å²) in [6.45, 7) is 4.69. The van der Waals surface area contributed by atoms with Crippen LogP contribution in [0, 0.1) is 0 Å². The largest absolute Gasteiger partial charge is 0.299 e. The van der Waals surface area contributed by atoms with Gasteiger partial charge in [0, 0.05) is 26.4 Å². The molecule has 0 atom stereocenters. The second-order valence-electron chi connectivity index (χ2n) is 14.3. The van der Waals surface area contributed by atoms with Gasteiger partial charge in [-0.3, -0.25) is 4.90 Å². The van der Waals surface area contributed by atoms with E-state index < -0.39 is 5.54 Å². The molecule has 7 aromatic carbocycles. The summed E-state index contributed by atoms with van der Waals surface area (Å²) < 4.78 is 2.56. The molecule has 3 heterocycles. The van der Waals surface area contributed by atoms with Gasteiger partial charge in [0.25, 0.3) is 0 Å². The molecule has 7 heteroatoms. The molecule has 0 unspecified atom stereocenters. The Morgan fingerprint density at radius 2 is 1.24 bits per heavy atom. The molecule has 2 aromatic heterocycles. The number of hydrogen-bond acceptors (Lipinski definition) is 4. The Kier molecular flexibility index (Phi) is 6.23. The number of benzene rings is 7. The van der Waals surface area contributed by atoms with Crippen molar-refractivity contribution >= 4 is 116 Å². The van der Waals surface area contributed by atoms with Crippen molar-refractivity contribution in [3.63, 3.8) is 0 Å². The number of aromatic nitrogens is 2. The molecule has 0 bridgehead atoms. The Bertz CT molecular complexity index is 2890. The predicted molar refractivity (Wildman–Crippen MR) is 224 cm³/mol. The van der Waals surface area contributed by atoms with Crippen LogP contribution in [0.15, 0.2) is 121 Å². The average Bonchev–Trinajstić information content (AvgIpc) is 3.51. The van der Waals surface area contributed by atoms with Gasteiger partial charge in [-0.1, -0.05) is 126 Å². The first kappa shape index (κ1) is 29.5. The van der Waals surface area contributed by atoms with E-state index >= 15 is 0 Å². The third kappa shape index (κ3) is 4.01. The highest BCUT2D eigenvalue weighted by Gasteiger charge is 2.43. The molecular formula is C43H32B3N3S. The molecule has 1 aliphatic heterocycles. The monoisotopic (exact) mass is 655 g/mol. The molecular weight excluding hydrogens is 623 g/mol. The lowest BCUT2D eigenvalue weighted by atomic mass is 9.74. The minimum absolute atomic E-state index is 0.491. The van der Waals surface area contributed by atoms with Gasteiger partial charge in [-0.2, -0.15) is 0 Å². The zero-order valence-corrected chi connectivity index (χ0v) is 29.6. The summed E-state index contributed by atoms with van der Waals surface area (Å²) in [6.07, 6.45) is 0. The molecule has 0 N–H and O–H groups in total. The highest BCUT2D eigenvalue weighted by atomic mass is 32.1. The van der Waals surface area contributed by atoms with Gasteiger partial charge in [-0.05, 0) is 64.2 Å². The lowest BCUT2D eigenvalue weighted by Gasteiger charge is -2.46. The number of anilines is 2. The second-order valence-corrected chi connectivity index (χ2v) is 15.4. The molecule has 0 radical (unpaired) electrons. The van der Waals surface area contributed by atoms with Crippen LogP contribution in [0.25, 0.3) is 75.0 Å². The van der Waals surface area contributed by atoms with Gasteiger partial charge < -0.3 is 0 Å². The topological polar surface area (TPSA) is 29.0 Å². The maximum Gasteiger partial charge on any atom is 0.231 e. The SMILES string of the molecule is Bc1cc(B)c(-c2nc(N3c4c(c5ccccc5c5c4sc4ccccc45)-c4c(ccc5ccccc45)C3(C)C)nc3ccccc23)c(B)c1. The zero-order chi connectivity index (χ0) is 33.9. The fraction of sp³-hybridized carbons (Fsp3) is 0.0698. The van der Waals surface area contributed by atoms with E-state index in [0.717, 1.165) is 22.5 Å². The Labute approximate surface area is 297 Å². The van der Waals surface area contributed by atoms with E-state index in [-0.39, 0.29) is 0 Å². The standard InChI is InChI=1S/C43H32B3N3S/c1-43(2)30-20-19-23-11-3-4-12-25(23)36(30)37-27-14-6-5-13-26(27)35-29-16-8-10-18-34(29)50-41(35)40(37)49(43)42-47-33-17-9-7-15-28(33)39(48-42)38-31(45)21-24(44)22-32(38)46/h3-22H,44-46H2,1-2H3. The lowest BCUT2D eigenvalue weighted by Crippen LogP contribution is -2.42. The van der Waals surface area contributed by atoms with Crippen molar-refractivity contribution in [2.75, 3.05) is 4.90 Å². The summed E-state index contributed by atoms with van der Waals surface area (Å²) in [6, 6.07) is 44.3. The Hall–Kier alpha value is -5.39. The quantitative estimate of drug-likeness (QED) is 0.192. The predicted octanol–water partition coefficient (Wildman–Crippen LogP) is 6.80. The maximum atomic E-state index is 5.64. The minimum atomic E-state index is -0.491. The van der Waals surface area contributed by atoms with Gasteiger partial charge in [0.2, 0.25) is 5.95 Å². The van der Waals surface area contributed by atoms with Gasteiger partial charge in [0.1, 0.15) is 23.5 Å². The third-order valence-corrected chi connectivity index (χ3v) is 12.0. The summed E-state index contributed by atoms with van der Waals surface area (Å²) in [7, 11) is 6.59. The molecule has 0 amide bonds. The van der Waals surface area contributed by atoms with Crippen molar-refractivity contribution in [3.8, 4) is 22.4 Å². The van der Waals surface area contributed by atoms with E-state index in [4.69, 9.17) is 9.97 Å². The Morgan fingerprint density at radius 3 is 2.02 bits per heavy atom. The summed E-state index contributed by atoms with van der Waals surface area (Å²) in [5, 5.41) is 8.71. The average molecular weight is 655 g/mol. The van der Waals surface area contributed by atoms with E-state index in [1.165, 1.54) is 86.0 Å². The van der Waals surface area contributed by atoms with Gasteiger partial charge in [0.15, 0.2) is 0 Å². The molecule has 0 fully saturated rings.